The molecule has 132 valence electrons. The van der Waals surface area contributed by atoms with Gasteiger partial charge in [0.05, 0.1) is 5.56 Å². The molecule has 3 aliphatic rings. The van der Waals surface area contributed by atoms with Crippen molar-refractivity contribution in [2.75, 3.05) is 19.6 Å². The van der Waals surface area contributed by atoms with Crippen LogP contribution in [0.25, 0.3) is 16.7 Å². The summed E-state index contributed by atoms with van der Waals surface area (Å²) in [5, 5.41) is 4.51. The predicted octanol–water partition coefficient (Wildman–Crippen LogP) is 2.45. The number of H-pyrrole nitrogens is 1. The second-order valence-corrected chi connectivity index (χ2v) is 7.69. The van der Waals surface area contributed by atoms with Gasteiger partial charge in [-0.25, -0.2) is 4.98 Å². The van der Waals surface area contributed by atoms with Gasteiger partial charge in [-0.15, -0.1) is 0 Å². The van der Waals surface area contributed by atoms with E-state index < -0.39 is 0 Å². The summed E-state index contributed by atoms with van der Waals surface area (Å²) in [6.07, 6.45) is 10.6. The molecule has 5 nitrogen and oxygen atoms in total. The minimum absolute atomic E-state index is 0.178. The molecule has 5 rings (SSSR count). The van der Waals surface area contributed by atoms with E-state index >= 15 is 0 Å². The van der Waals surface area contributed by atoms with Crippen molar-refractivity contribution < 1.29 is 0 Å². The minimum Gasteiger partial charge on any atom is -0.398 e. The summed E-state index contributed by atoms with van der Waals surface area (Å²) in [5.74, 6) is 7.20. The first kappa shape index (κ1) is 15.7. The number of aromatic nitrogens is 2. The fraction of sp³-hybridized carbons (Fsp3) is 0.429. The fourth-order valence-electron chi connectivity index (χ4n) is 3.96. The molecule has 4 N–H and O–H groups in total. The first-order valence-corrected chi connectivity index (χ1v) is 9.45. The Labute approximate surface area is 153 Å². The quantitative estimate of drug-likeness (QED) is 0.732. The van der Waals surface area contributed by atoms with Crippen molar-refractivity contribution in [3.05, 3.63) is 35.7 Å². The Kier molecular flexibility index (Phi) is 3.61. The van der Waals surface area contributed by atoms with Gasteiger partial charge < -0.3 is 16.0 Å². The summed E-state index contributed by atoms with van der Waals surface area (Å²) in [6, 6.07) is 2.09. The number of nitrogens with one attached hydrogen (secondary N) is 2. The highest BCUT2D eigenvalue weighted by molar-refractivity contribution is 6.06. The van der Waals surface area contributed by atoms with Crippen molar-refractivity contribution in [3.8, 4) is 11.8 Å². The molecule has 1 saturated heterocycles. The van der Waals surface area contributed by atoms with Crippen LogP contribution in [0.4, 0.5) is 0 Å². The van der Waals surface area contributed by atoms with Gasteiger partial charge in [0.15, 0.2) is 0 Å². The first-order chi connectivity index (χ1) is 12.7. The molecule has 2 aliphatic heterocycles. The van der Waals surface area contributed by atoms with E-state index in [0.29, 0.717) is 5.92 Å². The van der Waals surface area contributed by atoms with E-state index in [9.17, 15) is 0 Å². The Balaban J connectivity index is 1.48. The van der Waals surface area contributed by atoms with Crippen LogP contribution in [-0.2, 0) is 0 Å². The number of aliphatic imine (C=N–C) groups is 1. The van der Waals surface area contributed by atoms with E-state index in [-0.39, 0.29) is 5.41 Å². The molecular formula is C21H23N5. The van der Waals surface area contributed by atoms with E-state index in [1.54, 1.807) is 0 Å². The third-order valence-electron chi connectivity index (χ3n) is 5.80. The van der Waals surface area contributed by atoms with Crippen LogP contribution in [0.5, 0.6) is 0 Å². The zero-order chi connectivity index (χ0) is 17.6. The summed E-state index contributed by atoms with van der Waals surface area (Å²) < 4.78 is 0. The monoisotopic (exact) mass is 345 g/mol. The van der Waals surface area contributed by atoms with Gasteiger partial charge in [-0.3, -0.25) is 4.99 Å². The van der Waals surface area contributed by atoms with Crippen LogP contribution in [0.2, 0.25) is 0 Å². The zero-order valence-corrected chi connectivity index (χ0v) is 14.8. The number of aromatic amines is 1. The lowest BCUT2D eigenvalue weighted by atomic mass is 9.80. The SMILES string of the molecule is NC(=CC1=NCCC12CCNC2)c1cnc2[nH]cc(C#CC3CC3)c2c1. The van der Waals surface area contributed by atoms with Crippen LogP contribution in [0.1, 0.15) is 36.8 Å². The van der Waals surface area contributed by atoms with Gasteiger partial charge in [-0.2, -0.15) is 0 Å². The highest BCUT2D eigenvalue weighted by Crippen LogP contribution is 2.37. The number of rotatable bonds is 2. The summed E-state index contributed by atoms with van der Waals surface area (Å²) in [4.78, 5) is 12.5. The maximum atomic E-state index is 6.44. The summed E-state index contributed by atoms with van der Waals surface area (Å²) in [6.45, 7) is 2.97. The number of fused-ring (bicyclic) bond motifs is 1. The van der Waals surface area contributed by atoms with Crippen molar-refractivity contribution in [2.24, 2.45) is 22.1 Å². The van der Waals surface area contributed by atoms with E-state index in [1.807, 2.05) is 12.4 Å². The van der Waals surface area contributed by atoms with Gasteiger partial charge in [0, 0.05) is 59.2 Å². The van der Waals surface area contributed by atoms with Crippen molar-refractivity contribution >= 4 is 22.4 Å². The molecule has 1 aliphatic carbocycles. The maximum Gasteiger partial charge on any atom is 0.138 e. The molecule has 0 amide bonds. The molecule has 1 atom stereocenters. The van der Waals surface area contributed by atoms with Gasteiger partial charge >= 0.3 is 0 Å². The second kappa shape index (κ2) is 6.00. The molecule has 2 aromatic rings. The number of nitrogens with two attached hydrogens (primary N) is 1. The molecule has 2 aromatic heterocycles. The smallest absolute Gasteiger partial charge is 0.138 e. The highest BCUT2D eigenvalue weighted by atomic mass is 15.0. The number of hydrogen-bond donors (Lipinski definition) is 3. The Bertz CT molecular complexity index is 975. The van der Waals surface area contributed by atoms with Crippen LogP contribution in [-0.4, -0.2) is 35.3 Å². The third-order valence-corrected chi connectivity index (χ3v) is 5.80. The number of hydrogen-bond acceptors (Lipinski definition) is 4. The molecular weight excluding hydrogens is 322 g/mol. The van der Waals surface area contributed by atoms with E-state index in [0.717, 1.165) is 66.0 Å². The van der Waals surface area contributed by atoms with Gasteiger partial charge in [-0.05, 0) is 44.4 Å². The lowest BCUT2D eigenvalue weighted by Gasteiger charge is -2.22. The molecule has 0 radical (unpaired) electrons. The largest absolute Gasteiger partial charge is 0.398 e. The van der Waals surface area contributed by atoms with Crippen molar-refractivity contribution in [1.29, 1.82) is 0 Å². The Morgan fingerprint density at radius 2 is 2.27 bits per heavy atom. The van der Waals surface area contributed by atoms with Crippen LogP contribution in [0, 0.1) is 23.2 Å². The maximum absolute atomic E-state index is 6.44. The number of pyridine rings is 1. The van der Waals surface area contributed by atoms with Gasteiger partial charge in [0.25, 0.3) is 0 Å². The molecule has 1 spiro atoms. The molecule has 26 heavy (non-hydrogen) atoms. The van der Waals surface area contributed by atoms with Crippen LogP contribution in [0.15, 0.2) is 29.5 Å². The third kappa shape index (κ3) is 2.71. The fourth-order valence-corrected chi connectivity index (χ4v) is 3.96. The average Bonchev–Trinajstić information content (AvgIpc) is 3.06. The van der Waals surface area contributed by atoms with E-state index in [1.165, 1.54) is 12.8 Å². The molecule has 5 heteroatoms. The summed E-state index contributed by atoms with van der Waals surface area (Å²) in [7, 11) is 0. The molecule has 4 heterocycles. The van der Waals surface area contributed by atoms with Crippen LogP contribution >= 0.6 is 0 Å². The lowest BCUT2D eigenvalue weighted by molar-refractivity contribution is 0.465. The highest BCUT2D eigenvalue weighted by Gasteiger charge is 2.40. The Hall–Kier alpha value is -2.58. The first-order valence-electron chi connectivity index (χ1n) is 9.45. The molecule has 2 fully saturated rings. The molecule has 1 saturated carbocycles. The Morgan fingerprint density at radius 3 is 3.08 bits per heavy atom. The number of nitrogens with zero attached hydrogens (tertiary/aromatic N) is 2. The van der Waals surface area contributed by atoms with Crippen LogP contribution in [0.3, 0.4) is 0 Å². The van der Waals surface area contributed by atoms with Gasteiger partial charge in [0.1, 0.15) is 5.65 Å². The van der Waals surface area contributed by atoms with Crippen molar-refractivity contribution in [2.45, 2.75) is 25.7 Å². The molecule has 0 bridgehead atoms. The Morgan fingerprint density at radius 1 is 1.35 bits per heavy atom. The standard InChI is InChI=1S/C21H23N5/c22-18(10-19-21(6-8-24-19)5-7-23-13-21)16-9-17-15(4-3-14-1-2-14)11-25-20(17)26-12-16/h9-12,14,23H,1-2,5-8,13,22H2,(H,25,26). The van der Waals surface area contributed by atoms with Gasteiger partial charge in [0.2, 0.25) is 0 Å². The predicted molar refractivity (Wildman–Crippen MR) is 105 cm³/mol. The summed E-state index contributed by atoms with van der Waals surface area (Å²) >= 11 is 0. The lowest BCUT2D eigenvalue weighted by Crippen LogP contribution is -2.29. The van der Waals surface area contributed by atoms with Crippen molar-refractivity contribution in [1.82, 2.24) is 15.3 Å². The van der Waals surface area contributed by atoms with Gasteiger partial charge in [-0.1, -0.05) is 11.8 Å². The van der Waals surface area contributed by atoms with E-state index in [2.05, 4.69) is 39.3 Å². The van der Waals surface area contributed by atoms with Crippen LogP contribution < -0.4 is 11.1 Å². The van der Waals surface area contributed by atoms with Crippen molar-refractivity contribution in [3.63, 3.8) is 0 Å². The number of allylic oxidation sites excluding steroid dienone is 1. The zero-order valence-electron chi connectivity index (χ0n) is 14.8. The minimum atomic E-state index is 0.178. The average molecular weight is 345 g/mol. The molecule has 1 unspecified atom stereocenters. The topological polar surface area (TPSA) is 79.1 Å². The summed E-state index contributed by atoms with van der Waals surface area (Å²) in [5.41, 5.74) is 11.3. The second-order valence-electron chi connectivity index (χ2n) is 7.69. The van der Waals surface area contributed by atoms with E-state index in [4.69, 9.17) is 10.7 Å². The molecule has 0 aromatic carbocycles. The normalized spacial score (nSPS) is 25.5.